The Morgan fingerprint density at radius 2 is 2.19 bits per heavy atom. The number of carbonyl (C=O) groups excluding carboxylic acids is 1. The van der Waals surface area contributed by atoms with Gasteiger partial charge in [-0.3, -0.25) is 4.68 Å². The van der Waals surface area contributed by atoms with Crippen molar-refractivity contribution in [3.63, 3.8) is 0 Å². The Kier molecular flexibility index (Phi) is 4.52. The van der Waals surface area contributed by atoms with Crippen molar-refractivity contribution >= 4 is 27.6 Å². The molecule has 2 rings (SSSR count). The number of ether oxygens (including phenoxy) is 2. The molecule has 1 aromatic carbocycles. The number of methoxy groups -OCH3 is 1. The van der Waals surface area contributed by atoms with Crippen molar-refractivity contribution in [1.82, 2.24) is 9.78 Å². The molecule has 0 aliphatic rings. The predicted octanol–water partition coefficient (Wildman–Crippen LogP) is 2.44. The van der Waals surface area contributed by atoms with E-state index in [1.54, 1.807) is 29.9 Å². The van der Waals surface area contributed by atoms with Gasteiger partial charge < -0.3 is 15.2 Å². The molecule has 2 N–H and O–H groups in total. The van der Waals surface area contributed by atoms with E-state index >= 15 is 0 Å². The Labute approximate surface area is 131 Å². The van der Waals surface area contributed by atoms with Crippen LogP contribution in [0.1, 0.15) is 21.7 Å². The SMILES string of the molecule is COc1ccc(N)c(C(=O)OCc2c(Br)c(C)nn2C)c1. The number of hydrogen-bond acceptors (Lipinski definition) is 5. The summed E-state index contributed by atoms with van der Waals surface area (Å²) < 4.78 is 12.9. The van der Waals surface area contributed by atoms with Crippen LogP contribution in [0.25, 0.3) is 0 Å². The molecule has 0 amide bonds. The normalized spacial score (nSPS) is 10.5. The first-order valence-electron chi connectivity index (χ1n) is 6.22. The van der Waals surface area contributed by atoms with Gasteiger partial charge in [-0.1, -0.05) is 0 Å². The average molecular weight is 354 g/mol. The van der Waals surface area contributed by atoms with Crippen LogP contribution in [0.4, 0.5) is 5.69 Å². The number of aryl methyl sites for hydroxylation is 2. The number of rotatable bonds is 4. The summed E-state index contributed by atoms with van der Waals surface area (Å²) >= 11 is 3.43. The molecule has 0 spiro atoms. The second-order valence-electron chi connectivity index (χ2n) is 4.50. The number of benzene rings is 1. The fourth-order valence-electron chi connectivity index (χ4n) is 1.89. The third kappa shape index (κ3) is 3.18. The summed E-state index contributed by atoms with van der Waals surface area (Å²) in [4.78, 5) is 12.1. The summed E-state index contributed by atoms with van der Waals surface area (Å²) in [7, 11) is 3.32. The molecule has 0 aliphatic heterocycles. The molecule has 0 bridgehead atoms. The van der Waals surface area contributed by atoms with Gasteiger partial charge in [0, 0.05) is 12.7 Å². The van der Waals surface area contributed by atoms with Gasteiger partial charge in [0.05, 0.1) is 28.5 Å². The number of nitrogens with zero attached hydrogens (tertiary/aromatic N) is 2. The summed E-state index contributed by atoms with van der Waals surface area (Å²) in [6.07, 6.45) is 0. The van der Waals surface area contributed by atoms with Gasteiger partial charge in [0.25, 0.3) is 0 Å². The molecule has 6 nitrogen and oxygen atoms in total. The van der Waals surface area contributed by atoms with Crippen molar-refractivity contribution < 1.29 is 14.3 Å². The van der Waals surface area contributed by atoms with Gasteiger partial charge in [0.2, 0.25) is 0 Å². The van der Waals surface area contributed by atoms with Crippen LogP contribution in [0, 0.1) is 6.92 Å². The van der Waals surface area contributed by atoms with Gasteiger partial charge in [-0.05, 0) is 41.1 Å². The van der Waals surface area contributed by atoms with Crippen molar-refractivity contribution in [3.05, 3.63) is 39.6 Å². The van der Waals surface area contributed by atoms with Crippen molar-refractivity contribution in [2.45, 2.75) is 13.5 Å². The maximum atomic E-state index is 12.1. The predicted molar refractivity (Wildman–Crippen MR) is 82.2 cm³/mol. The summed E-state index contributed by atoms with van der Waals surface area (Å²) in [5.41, 5.74) is 8.04. The molecule has 0 saturated carbocycles. The Morgan fingerprint density at radius 1 is 1.48 bits per heavy atom. The number of esters is 1. The first-order valence-corrected chi connectivity index (χ1v) is 7.02. The van der Waals surface area contributed by atoms with E-state index in [4.69, 9.17) is 15.2 Å². The Hall–Kier alpha value is -2.02. The van der Waals surface area contributed by atoms with Crippen molar-refractivity contribution in [3.8, 4) is 5.75 Å². The van der Waals surface area contributed by atoms with E-state index < -0.39 is 5.97 Å². The average Bonchev–Trinajstić information content (AvgIpc) is 2.70. The van der Waals surface area contributed by atoms with E-state index in [-0.39, 0.29) is 12.2 Å². The van der Waals surface area contributed by atoms with Gasteiger partial charge in [0.15, 0.2) is 0 Å². The lowest BCUT2D eigenvalue weighted by Gasteiger charge is -2.09. The zero-order valence-corrected chi connectivity index (χ0v) is 13.6. The van der Waals surface area contributed by atoms with Crippen LogP contribution in [-0.2, 0) is 18.4 Å². The molecule has 7 heteroatoms. The third-order valence-electron chi connectivity index (χ3n) is 3.08. The Morgan fingerprint density at radius 3 is 2.76 bits per heavy atom. The molecule has 0 fully saturated rings. The van der Waals surface area contributed by atoms with Crippen molar-refractivity contribution in [2.75, 3.05) is 12.8 Å². The highest BCUT2D eigenvalue weighted by atomic mass is 79.9. The molecule has 0 radical (unpaired) electrons. The van der Waals surface area contributed by atoms with Gasteiger partial charge in [-0.2, -0.15) is 5.10 Å². The van der Waals surface area contributed by atoms with Crippen LogP contribution >= 0.6 is 15.9 Å². The van der Waals surface area contributed by atoms with Crippen LogP contribution in [0.5, 0.6) is 5.75 Å². The summed E-state index contributed by atoms with van der Waals surface area (Å²) in [5, 5.41) is 4.24. The van der Waals surface area contributed by atoms with Crippen LogP contribution in [0.2, 0.25) is 0 Å². The number of aromatic nitrogens is 2. The lowest BCUT2D eigenvalue weighted by molar-refractivity contribution is 0.0463. The molecule has 2 aromatic rings. The zero-order chi connectivity index (χ0) is 15.6. The lowest BCUT2D eigenvalue weighted by Crippen LogP contribution is -2.10. The fourth-order valence-corrected chi connectivity index (χ4v) is 2.34. The van der Waals surface area contributed by atoms with E-state index in [0.717, 1.165) is 15.9 Å². The minimum Gasteiger partial charge on any atom is -0.497 e. The quantitative estimate of drug-likeness (QED) is 0.674. The monoisotopic (exact) mass is 353 g/mol. The van der Waals surface area contributed by atoms with E-state index in [1.807, 2.05) is 6.92 Å². The number of carbonyl (C=O) groups is 1. The summed E-state index contributed by atoms with van der Waals surface area (Å²) in [6, 6.07) is 4.86. The summed E-state index contributed by atoms with van der Waals surface area (Å²) in [6.45, 7) is 1.98. The summed E-state index contributed by atoms with van der Waals surface area (Å²) in [5.74, 6) is 0.0471. The molecule has 21 heavy (non-hydrogen) atoms. The van der Waals surface area contributed by atoms with Gasteiger partial charge in [-0.15, -0.1) is 0 Å². The highest BCUT2D eigenvalue weighted by molar-refractivity contribution is 9.10. The highest BCUT2D eigenvalue weighted by Crippen LogP contribution is 2.23. The second kappa shape index (κ2) is 6.17. The standard InChI is InChI=1S/C14H16BrN3O3/c1-8-13(15)12(18(2)17-8)7-21-14(19)10-6-9(20-3)4-5-11(10)16/h4-6H,7,16H2,1-3H3. The van der Waals surface area contributed by atoms with Crippen LogP contribution in [0.3, 0.4) is 0 Å². The smallest absolute Gasteiger partial charge is 0.340 e. The van der Waals surface area contributed by atoms with E-state index in [2.05, 4.69) is 21.0 Å². The van der Waals surface area contributed by atoms with E-state index in [9.17, 15) is 4.79 Å². The molecular weight excluding hydrogens is 338 g/mol. The van der Waals surface area contributed by atoms with Gasteiger partial charge in [0.1, 0.15) is 12.4 Å². The van der Waals surface area contributed by atoms with Gasteiger partial charge in [-0.25, -0.2) is 4.79 Å². The first kappa shape index (κ1) is 15.4. The Bertz CT molecular complexity index is 682. The molecule has 0 atom stereocenters. The topological polar surface area (TPSA) is 79.4 Å². The minimum atomic E-state index is -0.503. The largest absolute Gasteiger partial charge is 0.497 e. The zero-order valence-electron chi connectivity index (χ0n) is 12.0. The van der Waals surface area contributed by atoms with Crippen molar-refractivity contribution in [1.29, 1.82) is 0 Å². The Balaban J connectivity index is 2.15. The number of halogens is 1. The molecule has 0 saturated heterocycles. The molecular formula is C14H16BrN3O3. The van der Waals surface area contributed by atoms with E-state index in [0.29, 0.717) is 11.4 Å². The van der Waals surface area contributed by atoms with Crippen LogP contribution < -0.4 is 10.5 Å². The molecule has 0 unspecified atom stereocenters. The minimum absolute atomic E-state index is 0.105. The number of nitrogen functional groups attached to an aromatic ring is 1. The number of nitrogens with two attached hydrogens (primary N) is 1. The third-order valence-corrected chi connectivity index (χ3v) is 4.11. The maximum Gasteiger partial charge on any atom is 0.340 e. The molecule has 1 heterocycles. The second-order valence-corrected chi connectivity index (χ2v) is 5.29. The molecule has 112 valence electrons. The van der Waals surface area contributed by atoms with Gasteiger partial charge >= 0.3 is 5.97 Å². The number of hydrogen-bond donors (Lipinski definition) is 1. The first-order chi connectivity index (χ1) is 9.93. The molecule has 0 aliphatic carbocycles. The van der Waals surface area contributed by atoms with Crippen LogP contribution in [-0.4, -0.2) is 22.9 Å². The lowest BCUT2D eigenvalue weighted by atomic mass is 10.2. The number of anilines is 1. The van der Waals surface area contributed by atoms with Crippen LogP contribution in [0.15, 0.2) is 22.7 Å². The fraction of sp³-hybridized carbons (Fsp3) is 0.286. The van der Waals surface area contributed by atoms with E-state index in [1.165, 1.54) is 7.11 Å². The van der Waals surface area contributed by atoms with Crippen molar-refractivity contribution in [2.24, 2.45) is 7.05 Å². The highest BCUT2D eigenvalue weighted by Gasteiger charge is 2.16. The molecule has 1 aromatic heterocycles. The maximum absolute atomic E-state index is 12.1.